The summed E-state index contributed by atoms with van der Waals surface area (Å²) < 4.78 is 5.45. The van der Waals surface area contributed by atoms with E-state index in [4.69, 9.17) is 16.3 Å². The first kappa shape index (κ1) is 22.1. The monoisotopic (exact) mass is 429 g/mol. The molecule has 1 aromatic carbocycles. The van der Waals surface area contributed by atoms with Gasteiger partial charge in [-0.25, -0.2) is 0 Å². The van der Waals surface area contributed by atoms with Gasteiger partial charge < -0.3 is 15.0 Å². The topological polar surface area (TPSA) is 71.5 Å². The number of carbonyl (C=O) groups excluding carboxylic acids is 2. The normalized spacial score (nSPS) is 15.3. The summed E-state index contributed by atoms with van der Waals surface area (Å²) in [4.78, 5) is 31.9. The van der Waals surface area contributed by atoms with Crippen LogP contribution in [0.4, 0.5) is 0 Å². The number of hydrogen-bond acceptors (Lipinski definition) is 4. The number of para-hydroxylation sites is 1. The molecule has 7 heteroatoms. The number of rotatable bonds is 8. The third-order valence-corrected chi connectivity index (χ3v) is 5.73. The van der Waals surface area contributed by atoms with Gasteiger partial charge in [0.15, 0.2) is 0 Å². The molecule has 1 aromatic heterocycles. The van der Waals surface area contributed by atoms with Crippen molar-refractivity contribution in [3.63, 3.8) is 0 Å². The van der Waals surface area contributed by atoms with Gasteiger partial charge >= 0.3 is 0 Å². The lowest BCUT2D eigenvalue weighted by atomic mass is 9.94. The third-order valence-electron chi connectivity index (χ3n) is 5.50. The zero-order valence-electron chi connectivity index (χ0n) is 17.2. The average molecular weight is 430 g/mol. The number of alkyl halides is 1. The Kier molecular flexibility index (Phi) is 8.08. The van der Waals surface area contributed by atoms with Gasteiger partial charge in [0.1, 0.15) is 17.7 Å². The molecule has 1 heterocycles. The number of nitrogens with zero attached hydrogens (tertiary/aromatic N) is 2. The van der Waals surface area contributed by atoms with E-state index in [1.807, 2.05) is 24.3 Å². The lowest BCUT2D eigenvalue weighted by molar-refractivity contribution is -0.140. The van der Waals surface area contributed by atoms with E-state index < -0.39 is 6.04 Å². The number of amides is 2. The van der Waals surface area contributed by atoms with E-state index in [0.29, 0.717) is 11.3 Å². The fraction of sp³-hybridized carbons (Fsp3) is 0.435. The molecular formula is C23H28ClN3O3. The highest BCUT2D eigenvalue weighted by atomic mass is 35.5. The first-order valence-electron chi connectivity index (χ1n) is 10.3. The summed E-state index contributed by atoms with van der Waals surface area (Å²) in [7, 11) is 1.59. The van der Waals surface area contributed by atoms with Crippen molar-refractivity contribution in [3.8, 4) is 5.75 Å². The predicted molar refractivity (Wildman–Crippen MR) is 116 cm³/mol. The van der Waals surface area contributed by atoms with Gasteiger partial charge in [-0.2, -0.15) is 0 Å². The molecule has 2 amide bonds. The van der Waals surface area contributed by atoms with Crippen LogP contribution in [0, 0.1) is 0 Å². The number of halogens is 1. The minimum absolute atomic E-state index is 0.134. The van der Waals surface area contributed by atoms with Crippen LogP contribution in [0.1, 0.15) is 49.3 Å². The van der Waals surface area contributed by atoms with Crippen LogP contribution in [0.3, 0.4) is 0 Å². The summed E-state index contributed by atoms with van der Waals surface area (Å²) >= 11 is 5.95. The number of nitrogens with one attached hydrogen (secondary N) is 1. The number of methoxy groups -OCH3 is 1. The van der Waals surface area contributed by atoms with E-state index in [1.165, 1.54) is 11.3 Å². The number of ether oxygens (including phenoxy) is 1. The Balaban J connectivity index is 1.94. The van der Waals surface area contributed by atoms with E-state index >= 15 is 0 Å². The van der Waals surface area contributed by atoms with Crippen molar-refractivity contribution in [1.29, 1.82) is 0 Å². The molecule has 3 rings (SSSR count). The van der Waals surface area contributed by atoms with Gasteiger partial charge in [0.05, 0.1) is 13.7 Å². The molecule has 1 aliphatic carbocycles. The molecule has 0 unspecified atom stereocenters. The van der Waals surface area contributed by atoms with Crippen molar-refractivity contribution in [2.24, 2.45) is 0 Å². The van der Waals surface area contributed by atoms with Crippen LogP contribution in [0.2, 0.25) is 0 Å². The van der Waals surface area contributed by atoms with Crippen LogP contribution in [0.25, 0.3) is 0 Å². The highest BCUT2D eigenvalue weighted by molar-refractivity contribution is 6.27. The minimum atomic E-state index is -0.800. The first-order chi connectivity index (χ1) is 14.6. The Morgan fingerprint density at radius 3 is 2.53 bits per heavy atom. The Labute approximate surface area is 182 Å². The predicted octanol–water partition coefficient (Wildman–Crippen LogP) is 3.85. The van der Waals surface area contributed by atoms with Gasteiger partial charge in [-0.05, 0) is 36.6 Å². The van der Waals surface area contributed by atoms with E-state index in [9.17, 15) is 9.59 Å². The molecule has 1 fully saturated rings. The Morgan fingerprint density at radius 1 is 1.17 bits per heavy atom. The molecule has 1 atom stereocenters. The van der Waals surface area contributed by atoms with E-state index in [1.54, 1.807) is 31.6 Å². The van der Waals surface area contributed by atoms with Crippen LogP contribution in [0.5, 0.6) is 5.75 Å². The maximum Gasteiger partial charge on any atom is 0.247 e. The van der Waals surface area contributed by atoms with E-state index in [2.05, 4.69) is 10.3 Å². The molecule has 1 saturated carbocycles. The smallest absolute Gasteiger partial charge is 0.247 e. The van der Waals surface area contributed by atoms with Crippen molar-refractivity contribution in [2.75, 3.05) is 13.0 Å². The number of aromatic nitrogens is 1. The van der Waals surface area contributed by atoms with E-state index in [-0.39, 0.29) is 30.3 Å². The highest BCUT2D eigenvalue weighted by Crippen LogP contribution is 2.28. The maximum atomic E-state index is 13.4. The molecule has 1 aliphatic rings. The van der Waals surface area contributed by atoms with Gasteiger partial charge in [-0.1, -0.05) is 37.5 Å². The molecule has 2 aromatic rings. The van der Waals surface area contributed by atoms with Crippen molar-refractivity contribution >= 4 is 23.4 Å². The second-order valence-corrected chi connectivity index (χ2v) is 7.76. The van der Waals surface area contributed by atoms with Gasteiger partial charge in [-0.3, -0.25) is 14.6 Å². The summed E-state index contributed by atoms with van der Waals surface area (Å²) in [6.45, 7) is 0.209. The molecule has 0 saturated heterocycles. The maximum absolute atomic E-state index is 13.4. The number of hydrogen-bond donors (Lipinski definition) is 1. The van der Waals surface area contributed by atoms with Gasteiger partial charge in [0.2, 0.25) is 11.8 Å². The summed E-state index contributed by atoms with van der Waals surface area (Å²) in [5.74, 6) is -0.0661. The summed E-state index contributed by atoms with van der Waals surface area (Å²) in [5, 5.41) is 3.16. The molecule has 0 radical (unpaired) electrons. The Hall–Kier alpha value is -2.60. The van der Waals surface area contributed by atoms with E-state index in [0.717, 1.165) is 31.2 Å². The lowest BCUT2D eigenvalue weighted by Gasteiger charge is -2.33. The van der Waals surface area contributed by atoms with Crippen LogP contribution in [-0.4, -0.2) is 40.7 Å². The average Bonchev–Trinajstić information content (AvgIpc) is 2.79. The van der Waals surface area contributed by atoms with Crippen molar-refractivity contribution < 1.29 is 14.3 Å². The van der Waals surface area contributed by atoms with Crippen molar-refractivity contribution in [2.45, 2.75) is 50.7 Å². The quantitative estimate of drug-likeness (QED) is 0.647. The standard InChI is InChI=1S/C23H28ClN3O3/c1-30-20-10-6-5-7-18(20)16-27(21(28)15-24)22(17-11-13-25-14-12-17)23(29)26-19-8-3-2-4-9-19/h5-7,10-14,19,22H,2-4,8-9,15-16H2,1H3,(H,26,29)/t22-/m0/s1. The van der Waals surface area contributed by atoms with Crippen LogP contribution in [0.15, 0.2) is 48.8 Å². The fourth-order valence-corrected chi connectivity index (χ4v) is 4.12. The van der Waals surface area contributed by atoms with Crippen LogP contribution < -0.4 is 10.1 Å². The van der Waals surface area contributed by atoms with Crippen molar-refractivity contribution in [3.05, 3.63) is 59.9 Å². The second kappa shape index (κ2) is 11.0. The van der Waals surface area contributed by atoms with Crippen LogP contribution >= 0.6 is 11.6 Å². The van der Waals surface area contributed by atoms with Crippen molar-refractivity contribution in [1.82, 2.24) is 15.2 Å². The molecule has 6 nitrogen and oxygen atoms in total. The van der Waals surface area contributed by atoms with Gasteiger partial charge in [0.25, 0.3) is 0 Å². The zero-order valence-corrected chi connectivity index (χ0v) is 18.0. The Morgan fingerprint density at radius 2 is 1.87 bits per heavy atom. The minimum Gasteiger partial charge on any atom is -0.496 e. The molecule has 1 N–H and O–H groups in total. The second-order valence-electron chi connectivity index (χ2n) is 7.49. The summed E-state index contributed by atoms with van der Waals surface area (Å²) in [5.41, 5.74) is 1.51. The zero-order chi connectivity index (χ0) is 21.3. The van der Waals surface area contributed by atoms with Gasteiger partial charge in [0, 0.05) is 24.0 Å². The lowest BCUT2D eigenvalue weighted by Crippen LogP contribution is -2.47. The molecular weight excluding hydrogens is 402 g/mol. The summed E-state index contributed by atoms with van der Waals surface area (Å²) in [6, 6.07) is 10.3. The molecule has 0 bridgehead atoms. The summed E-state index contributed by atoms with van der Waals surface area (Å²) in [6.07, 6.45) is 8.60. The fourth-order valence-electron chi connectivity index (χ4n) is 3.96. The third kappa shape index (κ3) is 5.51. The molecule has 30 heavy (non-hydrogen) atoms. The Bertz CT molecular complexity index is 841. The number of pyridine rings is 1. The number of benzene rings is 1. The SMILES string of the molecule is COc1ccccc1CN(C(=O)CCl)[C@H](C(=O)NC1CCCCC1)c1ccncc1. The highest BCUT2D eigenvalue weighted by Gasteiger charge is 2.33. The first-order valence-corrected chi connectivity index (χ1v) is 10.8. The number of carbonyl (C=O) groups is 2. The molecule has 160 valence electrons. The molecule has 0 spiro atoms. The van der Waals surface area contributed by atoms with Crippen LogP contribution in [-0.2, 0) is 16.1 Å². The largest absolute Gasteiger partial charge is 0.496 e. The molecule has 0 aliphatic heterocycles. The van der Waals surface area contributed by atoms with Gasteiger partial charge in [-0.15, -0.1) is 11.6 Å².